The second kappa shape index (κ2) is 8.36. The van der Waals surface area contributed by atoms with Crippen LogP contribution in [0.5, 0.6) is 5.75 Å². The number of benzene rings is 3. The van der Waals surface area contributed by atoms with Crippen molar-refractivity contribution < 1.29 is 13.9 Å². The maximum atomic E-state index is 13.2. The summed E-state index contributed by atoms with van der Waals surface area (Å²) in [6.45, 7) is 0. The Kier molecular flexibility index (Phi) is 5.71. The number of nitrogens with one attached hydrogen (secondary N) is 1. The first-order chi connectivity index (χ1) is 13.1. The molecule has 4 nitrogen and oxygen atoms in total. The third-order valence-electron chi connectivity index (χ3n) is 4.32. The van der Waals surface area contributed by atoms with Gasteiger partial charge >= 0.3 is 0 Å². The van der Waals surface area contributed by atoms with Crippen molar-refractivity contribution in [2.45, 2.75) is 12.5 Å². The molecule has 0 aliphatic rings. The van der Waals surface area contributed by atoms with E-state index < -0.39 is 11.9 Å². The second-order valence-corrected chi connectivity index (χ2v) is 6.22. The summed E-state index contributed by atoms with van der Waals surface area (Å²) in [6.07, 6.45) is 0.692. The Morgan fingerprint density at radius 3 is 2.41 bits per heavy atom. The van der Waals surface area contributed by atoms with Crippen molar-refractivity contribution in [2.75, 3.05) is 12.4 Å². The summed E-state index contributed by atoms with van der Waals surface area (Å²) in [5.41, 5.74) is 9.02. The predicted molar refractivity (Wildman–Crippen MR) is 104 cm³/mol. The molecule has 27 heavy (non-hydrogen) atoms. The second-order valence-electron chi connectivity index (χ2n) is 6.22. The van der Waals surface area contributed by atoms with Crippen LogP contribution in [-0.2, 0) is 11.2 Å². The summed E-state index contributed by atoms with van der Waals surface area (Å²) in [4.78, 5) is 11.9. The molecule has 1 amide bonds. The molecule has 3 N–H and O–H groups in total. The number of hydrogen-bond acceptors (Lipinski definition) is 3. The minimum absolute atomic E-state index is 0.364. The van der Waals surface area contributed by atoms with Gasteiger partial charge in [0.25, 0.3) is 0 Å². The molecule has 0 radical (unpaired) electrons. The van der Waals surface area contributed by atoms with Crippen LogP contribution in [0.2, 0.25) is 0 Å². The summed E-state index contributed by atoms with van der Waals surface area (Å²) in [5.74, 6) is -0.139. The van der Waals surface area contributed by atoms with Crippen LogP contribution in [0.4, 0.5) is 10.1 Å². The van der Waals surface area contributed by atoms with Gasteiger partial charge in [-0.25, -0.2) is 4.39 Å². The van der Waals surface area contributed by atoms with Gasteiger partial charge in [-0.1, -0.05) is 42.5 Å². The van der Waals surface area contributed by atoms with E-state index in [2.05, 4.69) is 5.32 Å². The van der Waals surface area contributed by atoms with Crippen LogP contribution in [0.25, 0.3) is 0 Å². The third-order valence-corrected chi connectivity index (χ3v) is 4.32. The highest BCUT2D eigenvalue weighted by atomic mass is 19.1. The standard InChI is InChI=1S/C22H21FN2O2/c1-27-20-12-11-19(14-17(20)13-15-5-3-2-4-6-15)25-21(22(24)26)16-7-9-18(23)10-8-16/h2-12,14,21,25H,13H2,1H3,(H2,24,26). The Hall–Kier alpha value is -3.34. The van der Waals surface area contributed by atoms with Crippen LogP contribution < -0.4 is 15.8 Å². The molecule has 3 rings (SSSR count). The van der Waals surface area contributed by atoms with Crippen molar-refractivity contribution in [2.24, 2.45) is 5.73 Å². The van der Waals surface area contributed by atoms with Gasteiger partial charge in [0.05, 0.1) is 7.11 Å². The van der Waals surface area contributed by atoms with Gasteiger partial charge in [-0.05, 0) is 41.5 Å². The molecule has 0 saturated heterocycles. The van der Waals surface area contributed by atoms with Crippen molar-refractivity contribution in [3.05, 3.63) is 95.3 Å². The number of amides is 1. The Balaban J connectivity index is 1.88. The van der Waals surface area contributed by atoms with Crippen LogP contribution >= 0.6 is 0 Å². The molecule has 3 aromatic rings. The minimum atomic E-state index is -0.761. The highest BCUT2D eigenvalue weighted by molar-refractivity contribution is 5.84. The summed E-state index contributed by atoms with van der Waals surface area (Å²) in [5, 5.41) is 3.14. The fourth-order valence-corrected chi connectivity index (χ4v) is 2.96. The zero-order valence-corrected chi connectivity index (χ0v) is 15.0. The average molecular weight is 364 g/mol. The number of carbonyl (C=O) groups excluding carboxylic acids is 1. The van der Waals surface area contributed by atoms with Gasteiger partial charge in [-0.15, -0.1) is 0 Å². The van der Waals surface area contributed by atoms with Crippen molar-refractivity contribution in [1.82, 2.24) is 0 Å². The SMILES string of the molecule is COc1ccc(NC(C(N)=O)c2ccc(F)cc2)cc1Cc1ccccc1. The topological polar surface area (TPSA) is 64.3 Å². The van der Waals surface area contributed by atoms with E-state index in [1.807, 2.05) is 48.5 Å². The number of nitrogens with two attached hydrogens (primary N) is 1. The molecule has 0 bridgehead atoms. The lowest BCUT2D eigenvalue weighted by molar-refractivity contribution is -0.118. The molecule has 1 unspecified atom stereocenters. The van der Waals surface area contributed by atoms with Gasteiger partial charge < -0.3 is 15.8 Å². The van der Waals surface area contributed by atoms with Crippen LogP contribution in [0.1, 0.15) is 22.7 Å². The van der Waals surface area contributed by atoms with E-state index in [0.717, 1.165) is 22.6 Å². The molecule has 1 atom stereocenters. The normalized spacial score (nSPS) is 11.6. The lowest BCUT2D eigenvalue weighted by Gasteiger charge is -2.19. The van der Waals surface area contributed by atoms with Gasteiger partial charge in [0.2, 0.25) is 5.91 Å². The van der Waals surface area contributed by atoms with E-state index >= 15 is 0 Å². The molecular formula is C22H21FN2O2. The summed E-state index contributed by atoms with van der Waals surface area (Å²) in [7, 11) is 1.63. The van der Waals surface area contributed by atoms with Crippen LogP contribution in [0.3, 0.4) is 0 Å². The first-order valence-electron chi connectivity index (χ1n) is 8.59. The van der Waals surface area contributed by atoms with Crippen molar-refractivity contribution in [3.8, 4) is 5.75 Å². The molecule has 0 aliphatic carbocycles. The fourth-order valence-electron chi connectivity index (χ4n) is 2.96. The van der Waals surface area contributed by atoms with E-state index in [9.17, 15) is 9.18 Å². The Morgan fingerprint density at radius 1 is 1.07 bits per heavy atom. The lowest BCUT2D eigenvalue weighted by Crippen LogP contribution is -2.27. The number of hydrogen-bond donors (Lipinski definition) is 2. The number of rotatable bonds is 7. The molecule has 0 aromatic heterocycles. The van der Waals surface area contributed by atoms with Crippen LogP contribution in [0.15, 0.2) is 72.8 Å². The zero-order valence-electron chi connectivity index (χ0n) is 15.0. The summed E-state index contributed by atoms with van der Waals surface area (Å²) < 4.78 is 18.6. The Bertz CT molecular complexity index is 911. The van der Waals surface area contributed by atoms with Gasteiger partial charge in [-0.3, -0.25) is 4.79 Å². The number of halogens is 1. The van der Waals surface area contributed by atoms with Crippen molar-refractivity contribution in [1.29, 1.82) is 0 Å². The first kappa shape index (κ1) is 18.5. The molecule has 138 valence electrons. The van der Waals surface area contributed by atoms with E-state index in [4.69, 9.17) is 10.5 Å². The van der Waals surface area contributed by atoms with Crippen molar-refractivity contribution >= 4 is 11.6 Å². The smallest absolute Gasteiger partial charge is 0.244 e. The van der Waals surface area contributed by atoms with Crippen LogP contribution in [0, 0.1) is 5.82 Å². The largest absolute Gasteiger partial charge is 0.496 e. The van der Waals surface area contributed by atoms with Gasteiger partial charge in [-0.2, -0.15) is 0 Å². The molecule has 0 fully saturated rings. The predicted octanol–water partition coefficient (Wildman–Crippen LogP) is 4.06. The summed E-state index contributed by atoms with van der Waals surface area (Å²) in [6, 6.07) is 20.6. The van der Waals surface area contributed by atoms with Crippen molar-refractivity contribution in [3.63, 3.8) is 0 Å². The highest BCUT2D eigenvalue weighted by Crippen LogP contribution is 2.28. The molecule has 0 saturated carbocycles. The third kappa shape index (κ3) is 4.64. The molecule has 0 spiro atoms. The number of primary amides is 1. The fraction of sp³-hybridized carbons (Fsp3) is 0.136. The molecule has 5 heteroatoms. The van der Waals surface area contributed by atoms with E-state index in [0.29, 0.717) is 12.0 Å². The summed E-state index contributed by atoms with van der Waals surface area (Å²) >= 11 is 0. The number of methoxy groups -OCH3 is 1. The molecule has 3 aromatic carbocycles. The van der Waals surface area contributed by atoms with E-state index in [1.165, 1.54) is 12.1 Å². The molecule has 0 aliphatic heterocycles. The Labute approximate surface area is 157 Å². The quantitative estimate of drug-likeness (QED) is 0.664. The van der Waals surface area contributed by atoms with Gasteiger partial charge in [0, 0.05) is 17.7 Å². The van der Waals surface area contributed by atoms with Gasteiger partial charge in [0.1, 0.15) is 17.6 Å². The zero-order chi connectivity index (χ0) is 19.2. The maximum absolute atomic E-state index is 13.2. The number of anilines is 1. The Morgan fingerprint density at radius 2 is 1.78 bits per heavy atom. The monoisotopic (exact) mass is 364 g/mol. The highest BCUT2D eigenvalue weighted by Gasteiger charge is 2.18. The van der Waals surface area contributed by atoms with Crippen LogP contribution in [-0.4, -0.2) is 13.0 Å². The van der Waals surface area contributed by atoms with E-state index in [1.54, 1.807) is 19.2 Å². The molecular weight excluding hydrogens is 343 g/mol. The number of carbonyl (C=O) groups is 1. The first-order valence-corrected chi connectivity index (χ1v) is 8.59. The average Bonchev–Trinajstić information content (AvgIpc) is 2.68. The van der Waals surface area contributed by atoms with Gasteiger partial charge in [0.15, 0.2) is 0 Å². The maximum Gasteiger partial charge on any atom is 0.244 e. The lowest BCUT2D eigenvalue weighted by atomic mass is 10.0. The molecule has 0 heterocycles. The van der Waals surface area contributed by atoms with E-state index in [-0.39, 0.29) is 5.82 Å². The number of ether oxygens (including phenoxy) is 1. The minimum Gasteiger partial charge on any atom is -0.496 e.